The SMILES string of the molecule is CC[C@H](CC(C)(C)c1ccc(Cl)cc1S(C)(=O)=O)C(F)(F)F. The maximum atomic E-state index is 13.0. The highest BCUT2D eigenvalue weighted by Crippen LogP contribution is 2.41. The molecule has 0 saturated carbocycles. The lowest BCUT2D eigenvalue weighted by Gasteiger charge is -2.32. The molecule has 2 nitrogen and oxygen atoms in total. The van der Waals surface area contributed by atoms with Gasteiger partial charge in [-0.15, -0.1) is 0 Å². The summed E-state index contributed by atoms with van der Waals surface area (Å²) in [5.41, 5.74) is -0.582. The second-order valence-electron chi connectivity index (χ2n) is 6.15. The van der Waals surface area contributed by atoms with Crippen LogP contribution in [0, 0.1) is 5.92 Å². The minimum Gasteiger partial charge on any atom is -0.224 e. The Hall–Kier alpha value is -0.750. The van der Waals surface area contributed by atoms with E-state index in [0.29, 0.717) is 5.56 Å². The normalized spacial score (nSPS) is 14.9. The molecule has 1 aromatic rings. The van der Waals surface area contributed by atoms with Gasteiger partial charge >= 0.3 is 6.18 Å². The van der Waals surface area contributed by atoms with Crippen molar-refractivity contribution in [1.29, 1.82) is 0 Å². The highest BCUT2D eigenvalue weighted by atomic mass is 35.5. The summed E-state index contributed by atoms with van der Waals surface area (Å²) in [5.74, 6) is -1.48. The molecule has 0 saturated heterocycles. The van der Waals surface area contributed by atoms with Gasteiger partial charge in [-0.25, -0.2) is 8.42 Å². The fraction of sp³-hybridized carbons (Fsp3) is 0.600. The first kappa shape index (κ1) is 19.3. The lowest BCUT2D eigenvalue weighted by Crippen LogP contribution is -2.31. The van der Waals surface area contributed by atoms with E-state index in [9.17, 15) is 21.6 Å². The zero-order valence-corrected chi connectivity index (χ0v) is 14.5. The van der Waals surface area contributed by atoms with Crippen LogP contribution in [0.4, 0.5) is 13.2 Å². The molecule has 1 atom stereocenters. The molecule has 126 valence electrons. The van der Waals surface area contributed by atoms with Crippen molar-refractivity contribution < 1.29 is 21.6 Å². The minimum absolute atomic E-state index is 0.0120. The van der Waals surface area contributed by atoms with E-state index in [0.717, 1.165) is 6.26 Å². The summed E-state index contributed by atoms with van der Waals surface area (Å²) in [6.07, 6.45) is -3.51. The van der Waals surface area contributed by atoms with Crippen molar-refractivity contribution in [2.45, 2.75) is 50.1 Å². The average molecular weight is 357 g/mol. The summed E-state index contributed by atoms with van der Waals surface area (Å²) < 4.78 is 62.9. The predicted molar refractivity (Wildman–Crippen MR) is 82.0 cm³/mol. The number of halogens is 4. The van der Waals surface area contributed by atoms with Crippen molar-refractivity contribution in [2.75, 3.05) is 6.26 Å². The van der Waals surface area contributed by atoms with Crippen molar-refractivity contribution in [2.24, 2.45) is 5.92 Å². The van der Waals surface area contributed by atoms with E-state index >= 15 is 0 Å². The molecule has 1 rings (SSSR count). The fourth-order valence-electron chi connectivity index (χ4n) is 2.58. The third-order valence-corrected chi connectivity index (χ3v) is 5.16. The number of hydrogen-bond acceptors (Lipinski definition) is 2. The summed E-state index contributed by atoms with van der Waals surface area (Å²) >= 11 is 5.83. The Labute approximate surface area is 134 Å². The van der Waals surface area contributed by atoms with Crippen LogP contribution in [0.2, 0.25) is 5.02 Å². The van der Waals surface area contributed by atoms with E-state index in [1.54, 1.807) is 13.8 Å². The Kier molecular flexibility index (Phi) is 5.61. The van der Waals surface area contributed by atoms with E-state index in [1.807, 2.05) is 0 Å². The summed E-state index contributed by atoms with van der Waals surface area (Å²) in [6.45, 7) is 4.73. The molecule has 0 amide bonds. The Morgan fingerprint density at radius 1 is 1.23 bits per heavy atom. The Morgan fingerprint density at radius 2 is 1.77 bits per heavy atom. The highest BCUT2D eigenvalue weighted by Gasteiger charge is 2.42. The molecule has 22 heavy (non-hydrogen) atoms. The largest absolute Gasteiger partial charge is 0.391 e. The van der Waals surface area contributed by atoms with Crippen molar-refractivity contribution >= 4 is 21.4 Å². The molecule has 0 aliphatic carbocycles. The number of benzene rings is 1. The lowest BCUT2D eigenvalue weighted by atomic mass is 9.76. The van der Waals surface area contributed by atoms with Gasteiger partial charge in [0.25, 0.3) is 0 Å². The zero-order valence-electron chi connectivity index (χ0n) is 13.0. The standard InChI is InChI=1S/C15H20ClF3O2S/c1-5-10(15(17,18)19)9-14(2,3)12-7-6-11(16)8-13(12)22(4,20)21/h6-8,10H,5,9H2,1-4H3/t10-/m1/s1. The number of hydrogen-bond donors (Lipinski definition) is 0. The van der Waals surface area contributed by atoms with Gasteiger partial charge in [-0.3, -0.25) is 0 Å². The average Bonchev–Trinajstić information content (AvgIpc) is 2.33. The zero-order chi connectivity index (χ0) is 17.3. The van der Waals surface area contributed by atoms with Crippen molar-refractivity contribution in [3.63, 3.8) is 0 Å². The lowest BCUT2D eigenvalue weighted by molar-refractivity contribution is -0.180. The van der Waals surface area contributed by atoms with Gasteiger partial charge in [0.2, 0.25) is 0 Å². The molecule has 0 fully saturated rings. The molecular formula is C15H20ClF3O2S. The number of rotatable bonds is 5. The molecule has 7 heteroatoms. The summed E-state index contributed by atoms with van der Waals surface area (Å²) in [7, 11) is -3.58. The molecule has 0 unspecified atom stereocenters. The first-order chi connectivity index (χ1) is 9.79. The first-order valence-electron chi connectivity index (χ1n) is 6.86. The topological polar surface area (TPSA) is 34.1 Å². The quantitative estimate of drug-likeness (QED) is 0.744. The third kappa shape index (κ3) is 4.62. The Morgan fingerprint density at radius 3 is 2.18 bits per heavy atom. The second kappa shape index (κ2) is 6.40. The molecule has 0 bridgehead atoms. The van der Waals surface area contributed by atoms with Crippen LogP contribution in [0.3, 0.4) is 0 Å². The van der Waals surface area contributed by atoms with E-state index in [-0.39, 0.29) is 22.8 Å². The van der Waals surface area contributed by atoms with Crippen LogP contribution in [0.15, 0.2) is 23.1 Å². The van der Waals surface area contributed by atoms with Crippen LogP contribution in [-0.2, 0) is 15.3 Å². The third-order valence-electron chi connectivity index (χ3n) is 3.78. The van der Waals surface area contributed by atoms with Crippen LogP contribution >= 0.6 is 11.6 Å². The van der Waals surface area contributed by atoms with Gasteiger partial charge in [0, 0.05) is 11.3 Å². The van der Waals surface area contributed by atoms with Gasteiger partial charge in [0.05, 0.1) is 10.8 Å². The minimum atomic E-state index is -4.30. The van der Waals surface area contributed by atoms with E-state index in [4.69, 9.17) is 11.6 Å². The molecule has 0 N–H and O–H groups in total. The van der Waals surface area contributed by atoms with Gasteiger partial charge in [0.1, 0.15) is 0 Å². The summed E-state index contributed by atoms with van der Waals surface area (Å²) in [5, 5.41) is 0.239. The van der Waals surface area contributed by atoms with Crippen LogP contribution in [0.5, 0.6) is 0 Å². The Balaban J connectivity index is 3.35. The predicted octanol–water partition coefficient (Wildman–Crippen LogP) is 5.00. The molecule has 1 aromatic carbocycles. The maximum absolute atomic E-state index is 13.0. The highest BCUT2D eigenvalue weighted by molar-refractivity contribution is 7.90. The van der Waals surface area contributed by atoms with Crippen molar-refractivity contribution in [1.82, 2.24) is 0 Å². The van der Waals surface area contributed by atoms with E-state index in [1.165, 1.54) is 25.1 Å². The van der Waals surface area contributed by atoms with Crippen LogP contribution in [0.1, 0.15) is 39.2 Å². The molecule has 0 aromatic heterocycles. The van der Waals surface area contributed by atoms with Gasteiger partial charge in [-0.1, -0.05) is 38.4 Å². The molecule has 0 aliphatic heterocycles. The monoisotopic (exact) mass is 356 g/mol. The fourth-order valence-corrected chi connectivity index (χ4v) is 3.90. The summed E-state index contributed by atoms with van der Waals surface area (Å²) in [4.78, 5) is -0.0120. The van der Waals surface area contributed by atoms with Gasteiger partial charge in [-0.05, 0) is 36.0 Å². The van der Waals surface area contributed by atoms with Crippen LogP contribution in [-0.4, -0.2) is 20.8 Å². The van der Waals surface area contributed by atoms with E-state index in [2.05, 4.69) is 0 Å². The molecule has 0 aliphatic rings. The van der Waals surface area contributed by atoms with Crippen molar-refractivity contribution in [3.8, 4) is 0 Å². The second-order valence-corrected chi connectivity index (χ2v) is 8.57. The Bertz CT molecular complexity index is 637. The number of alkyl halides is 3. The van der Waals surface area contributed by atoms with Gasteiger partial charge in [0.15, 0.2) is 9.84 Å². The van der Waals surface area contributed by atoms with Crippen molar-refractivity contribution in [3.05, 3.63) is 28.8 Å². The van der Waals surface area contributed by atoms with Gasteiger partial charge < -0.3 is 0 Å². The van der Waals surface area contributed by atoms with Gasteiger partial charge in [-0.2, -0.15) is 13.2 Å². The molecular weight excluding hydrogens is 337 g/mol. The number of sulfone groups is 1. The summed E-state index contributed by atoms with van der Waals surface area (Å²) in [6, 6.07) is 4.30. The molecule has 0 spiro atoms. The van der Waals surface area contributed by atoms with Crippen LogP contribution < -0.4 is 0 Å². The van der Waals surface area contributed by atoms with Crippen LogP contribution in [0.25, 0.3) is 0 Å². The first-order valence-corrected chi connectivity index (χ1v) is 9.12. The maximum Gasteiger partial charge on any atom is 0.391 e. The smallest absolute Gasteiger partial charge is 0.224 e. The molecule has 0 radical (unpaired) electrons. The van der Waals surface area contributed by atoms with E-state index < -0.39 is 27.3 Å². The molecule has 0 heterocycles.